The van der Waals surface area contributed by atoms with Gasteiger partial charge < -0.3 is 5.32 Å². The molecule has 0 fully saturated rings. The Morgan fingerprint density at radius 3 is 2.74 bits per heavy atom. The van der Waals surface area contributed by atoms with Crippen molar-refractivity contribution < 1.29 is 4.79 Å². The van der Waals surface area contributed by atoms with Crippen molar-refractivity contribution in [1.82, 2.24) is 20.1 Å². The molecule has 3 aromatic rings. The van der Waals surface area contributed by atoms with E-state index in [9.17, 15) is 9.59 Å². The van der Waals surface area contributed by atoms with Gasteiger partial charge in [0.15, 0.2) is 0 Å². The van der Waals surface area contributed by atoms with Crippen LogP contribution in [0.3, 0.4) is 0 Å². The maximum Gasteiger partial charge on any atom is 0.307 e. The molecule has 0 saturated carbocycles. The standard InChI is InChI=1S/C15H14N4O2S2/c1-10-9-22-15(21)19(10)8-12-17-18-14(23-12)13(20)16-7-11-5-3-2-4-6-11/h2-6,9H,7-8H2,1H3,(H,16,20). The Kier molecular flexibility index (Phi) is 4.63. The van der Waals surface area contributed by atoms with Crippen LogP contribution in [0.25, 0.3) is 0 Å². The second kappa shape index (κ2) is 6.84. The fourth-order valence-electron chi connectivity index (χ4n) is 1.99. The van der Waals surface area contributed by atoms with E-state index in [2.05, 4.69) is 15.5 Å². The molecule has 6 nitrogen and oxygen atoms in total. The van der Waals surface area contributed by atoms with Gasteiger partial charge in [0.25, 0.3) is 5.91 Å². The van der Waals surface area contributed by atoms with E-state index in [1.54, 1.807) is 9.95 Å². The van der Waals surface area contributed by atoms with E-state index in [1.807, 2.05) is 37.3 Å². The van der Waals surface area contributed by atoms with Crippen LogP contribution in [0.1, 0.15) is 26.1 Å². The highest BCUT2D eigenvalue weighted by molar-refractivity contribution is 7.13. The van der Waals surface area contributed by atoms with Gasteiger partial charge in [0.1, 0.15) is 5.01 Å². The Balaban J connectivity index is 1.64. The lowest BCUT2D eigenvalue weighted by atomic mass is 10.2. The van der Waals surface area contributed by atoms with Crippen molar-refractivity contribution in [2.45, 2.75) is 20.0 Å². The monoisotopic (exact) mass is 346 g/mol. The molecule has 1 N–H and O–H groups in total. The number of benzene rings is 1. The van der Waals surface area contributed by atoms with Crippen LogP contribution in [-0.4, -0.2) is 20.7 Å². The molecule has 118 valence electrons. The Morgan fingerprint density at radius 1 is 1.26 bits per heavy atom. The summed E-state index contributed by atoms with van der Waals surface area (Å²) in [6, 6.07) is 9.66. The van der Waals surface area contributed by atoms with Crippen molar-refractivity contribution in [3.8, 4) is 0 Å². The number of aromatic nitrogens is 3. The zero-order valence-corrected chi connectivity index (χ0v) is 14.0. The SMILES string of the molecule is Cc1csc(=O)n1Cc1nnc(C(=O)NCc2ccccc2)s1. The molecular weight excluding hydrogens is 332 g/mol. The number of amides is 1. The minimum Gasteiger partial charge on any atom is -0.346 e. The number of thiazole rings is 1. The molecular formula is C15H14N4O2S2. The van der Waals surface area contributed by atoms with E-state index in [0.717, 1.165) is 22.6 Å². The van der Waals surface area contributed by atoms with Crippen LogP contribution >= 0.6 is 22.7 Å². The van der Waals surface area contributed by atoms with Crippen molar-refractivity contribution in [3.05, 3.63) is 66.7 Å². The number of hydrogen-bond donors (Lipinski definition) is 1. The normalized spacial score (nSPS) is 10.7. The molecule has 1 aromatic carbocycles. The third-order valence-corrected chi connectivity index (χ3v) is 5.01. The van der Waals surface area contributed by atoms with Crippen molar-refractivity contribution in [2.75, 3.05) is 0 Å². The summed E-state index contributed by atoms with van der Waals surface area (Å²) in [4.78, 5) is 23.8. The molecule has 0 aliphatic heterocycles. The average molecular weight is 346 g/mol. The molecule has 2 heterocycles. The van der Waals surface area contributed by atoms with E-state index < -0.39 is 0 Å². The zero-order valence-electron chi connectivity index (χ0n) is 12.4. The van der Waals surface area contributed by atoms with Gasteiger partial charge in [-0.25, -0.2) is 0 Å². The number of carbonyl (C=O) groups excluding carboxylic acids is 1. The van der Waals surface area contributed by atoms with Crippen molar-refractivity contribution in [3.63, 3.8) is 0 Å². The van der Waals surface area contributed by atoms with Crippen LogP contribution in [-0.2, 0) is 13.1 Å². The first-order valence-corrected chi connectivity index (χ1v) is 8.62. The first-order chi connectivity index (χ1) is 11.1. The highest BCUT2D eigenvalue weighted by Gasteiger charge is 2.14. The summed E-state index contributed by atoms with van der Waals surface area (Å²) in [5.41, 5.74) is 1.90. The number of hydrogen-bond acceptors (Lipinski definition) is 6. The van der Waals surface area contributed by atoms with Gasteiger partial charge in [-0.05, 0) is 12.5 Å². The van der Waals surface area contributed by atoms with Crippen LogP contribution < -0.4 is 10.2 Å². The molecule has 3 rings (SSSR count). The number of carbonyl (C=O) groups is 1. The third-order valence-electron chi connectivity index (χ3n) is 3.23. The van der Waals surface area contributed by atoms with Crippen LogP contribution in [0, 0.1) is 6.92 Å². The summed E-state index contributed by atoms with van der Waals surface area (Å²) >= 11 is 2.36. The van der Waals surface area contributed by atoms with Gasteiger partial charge in [-0.2, -0.15) is 0 Å². The average Bonchev–Trinajstić information content (AvgIpc) is 3.16. The Bertz CT molecular complexity index is 867. The number of rotatable bonds is 5. The van der Waals surface area contributed by atoms with Crippen LogP contribution in [0.15, 0.2) is 40.5 Å². The predicted octanol–water partition coefficient (Wildman–Crippen LogP) is 2.05. The van der Waals surface area contributed by atoms with Gasteiger partial charge >= 0.3 is 4.87 Å². The smallest absolute Gasteiger partial charge is 0.307 e. The van der Waals surface area contributed by atoms with Gasteiger partial charge in [-0.15, -0.1) is 10.2 Å². The fourth-order valence-corrected chi connectivity index (χ4v) is 3.47. The number of nitrogens with zero attached hydrogens (tertiary/aromatic N) is 3. The molecule has 0 radical (unpaired) electrons. The van der Waals surface area contributed by atoms with Gasteiger partial charge in [0, 0.05) is 17.6 Å². The molecule has 1 amide bonds. The first-order valence-electron chi connectivity index (χ1n) is 6.93. The molecule has 23 heavy (non-hydrogen) atoms. The lowest BCUT2D eigenvalue weighted by molar-refractivity contribution is 0.0950. The Morgan fingerprint density at radius 2 is 2.04 bits per heavy atom. The summed E-state index contributed by atoms with van der Waals surface area (Å²) in [7, 11) is 0. The van der Waals surface area contributed by atoms with E-state index in [4.69, 9.17) is 0 Å². The van der Waals surface area contributed by atoms with Gasteiger partial charge in [0.05, 0.1) is 6.54 Å². The molecule has 8 heteroatoms. The lowest BCUT2D eigenvalue weighted by Crippen LogP contribution is -2.22. The van der Waals surface area contributed by atoms with Crippen molar-refractivity contribution >= 4 is 28.6 Å². The Hall–Kier alpha value is -2.32. The first kappa shape index (κ1) is 15.6. The molecule has 0 saturated heterocycles. The van der Waals surface area contributed by atoms with E-state index in [-0.39, 0.29) is 10.8 Å². The molecule has 0 unspecified atom stereocenters. The summed E-state index contributed by atoms with van der Waals surface area (Å²) < 4.78 is 1.62. The van der Waals surface area contributed by atoms with Gasteiger partial charge in [0.2, 0.25) is 5.01 Å². The molecule has 0 spiro atoms. The van der Waals surface area contributed by atoms with Crippen LogP contribution in [0.5, 0.6) is 0 Å². The van der Waals surface area contributed by atoms with E-state index in [0.29, 0.717) is 23.1 Å². The minimum atomic E-state index is -0.257. The zero-order chi connectivity index (χ0) is 16.2. The summed E-state index contributed by atoms with van der Waals surface area (Å²) in [6.07, 6.45) is 0. The summed E-state index contributed by atoms with van der Waals surface area (Å²) in [5, 5.41) is 13.5. The largest absolute Gasteiger partial charge is 0.346 e. The molecule has 0 bridgehead atoms. The maximum absolute atomic E-state index is 12.1. The second-order valence-corrected chi connectivity index (χ2v) is 6.78. The van der Waals surface area contributed by atoms with Crippen LogP contribution in [0.2, 0.25) is 0 Å². The van der Waals surface area contributed by atoms with Crippen molar-refractivity contribution in [2.24, 2.45) is 0 Å². The van der Waals surface area contributed by atoms with Crippen LogP contribution in [0.4, 0.5) is 0 Å². The highest BCUT2D eigenvalue weighted by atomic mass is 32.1. The number of nitrogens with one attached hydrogen (secondary N) is 1. The fraction of sp³-hybridized carbons (Fsp3) is 0.200. The highest BCUT2D eigenvalue weighted by Crippen LogP contribution is 2.12. The topological polar surface area (TPSA) is 76.9 Å². The Labute approximate surface area is 140 Å². The molecule has 0 aliphatic carbocycles. The van der Waals surface area contributed by atoms with E-state index in [1.165, 1.54) is 11.3 Å². The van der Waals surface area contributed by atoms with Gasteiger partial charge in [-0.1, -0.05) is 53.0 Å². The maximum atomic E-state index is 12.1. The predicted molar refractivity (Wildman–Crippen MR) is 89.9 cm³/mol. The van der Waals surface area contributed by atoms with Crippen molar-refractivity contribution in [1.29, 1.82) is 0 Å². The minimum absolute atomic E-state index is 0.0345. The molecule has 2 aromatic heterocycles. The summed E-state index contributed by atoms with van der Waals surface area (Å²) in [6.45, 7) is 2.65. The molecule has 0 atom stereocenters. The van der Waals surface area contributed by atoms with E-state index >= 15 is 0 Å². The molecule has 0 aliphatic rings. The second-order valence-electron chi connectivity index (χ2n) is 4.90. The number of aryl methyl sites for hydroxylation is 1. The quantitative estimate of drug-likeness (QED) is 0.767. The van der Waals surface area contributed by atoms with Gasteiger partial charge in [-0.3, -0.25) is 14.2 Å². The lowest BCUT2D eigenvalue weighted by Gasteiger charge is -2.02. The third kappa shape index (κ3) is 3.72. The summed E-state index contributed by atoms with van der Waals surface area (Å²) in [5.74, 6) is -0.257.